The predicted molar refractivity (Wildman–Crippen MR) is 65.4 cm³/mol. The standard InChI is InChI=1S/C13H17F3O4/c1-8-5-6-9(13(14,15)16)11(20-7-17-2)10(8)12(18-3)19-4/h5-6,12H,7H2,1-4H3. The monoisotopic (exact) mass is 294 g/mol. The van der Waals surface area contributed by atoms with Crippen molar-refractivity contribution in [3.63, 3.8) is 0 Å². The van der Waals surface area contributed by atoms with Crippen LogP contribution in [-0.2, 0) is 20.4 Å². The van der Waals surface area contributed by atoms with Crippen LogP contribution in [-0.4, -0.2) is 28.1 Å². The third-order valence-electron chi connectivity index (χ3n) is 2.70. The van der Waals surface area contributed by atoms with Crippen molar-refractivity contribution >= 4 is 0 Å². The molecule has 0 spiro atoms. The fourth-order valence-corrected chi connectivity index (χ4v) is 1.82. The summed E-state index contributed by atoms with van der Waals surface area (Å²) in [6, 6.07) is 2.31. The van der Waals surface area contributed by atoms with Crippen molar-refractivity contribution in [1.29, 1.82) is 0 Å². The minimum Gasteiger partial charge on any atom is -0.466 e. The number of alkyl halides is 3. The molecule has 0 saturated heterocycles. The van der Waals surface area contributed by atoms with Crippen molar-refractivity contribution < 1.29 is 32.1 Å². The molecule has 1 aromatic rings. The average molecular weight is 294 g/mol. The Hall–Kier alpha value is -1.31. The summed E-state index contributed by atoms with van der Waals surface area (Å²) >= 11 is 0. The van der Waals surface area contributed by atoms with Gasteiger partial charge in [0.05, 0.1) is 11.1 Å². The molecule has 0 atom stereocenters. The molecule has 0 heterocycles. The van der Waals surface area contributed by atoms with E-state index in [4.69, 9.17) is 14.2 Å². The van der Waals surface area contributed by atoms with E-state index < -0.39 is 18.0 Å². The lowest BCUT2D eigenvalue weighted by Gasteiger charge is -2.23. The van der Waals surface area contributed by atoms with E-state index in [1.807, 2.05) is 0 Å². The topological polar surface area (TPSA) is 36.9 Å². The maximum absolute atomic E-state index is 13.1. The summed E-state index contributed by atoms with van der Waals surface area (Å²) in [5.74, 6) is -0.340. The normalized spacial score (nSPS) is 12.0. The first-order chi connectivity index (χ1) is 9.36. The summed E-state index contributed by atoms with van der Waals surface area (Å²) < 4.78 is 59.0. The van der Waals surface area contributed by atoms with Crippen molar-refractivity contribution in [2.75, 3.05) is 28.1 Å². The van der Waals surface area contributed by atoms with E-state index >= 15 is 0 Å². The Bertz CT molecular complexity index is 442. The Kier molecular flexibility index (Phi) is 5.79. The molecule has 7 heteroatoms. The van der Waals surface area contributed by atoms with E-state index in [0.29, 0.717) is 5.56 Å². The molecule has 0 saturated carbocycles. The summed E-state index contributed by atoms with van der Waals surface area (Å²) in [7, 11) is 4.01. The van der Waals surface area contributed by atoms with Crippen LogP contribution in [0.4, 0.5) is 13.2 Å². The van der Waals surface area contributed by atoms with Crippen LogP contribution in [0.5, 0.6) is 5.75 Å². The van der Waals surface area contributed by atoms with Gasteiger partial charge < -0.3 is 18.9 Å². The van der Waals surface area contributed by atoms with Crippen molar-refractivity contribution in [2.24, 2.45) is 0 Å². The Morgan fingerprint density at radius 3 is 2.15 bits per heavy atom. The van der Waals surface area contributed by atoms with Crippen LogP contribution >= 0.6 is 0 Å². The van der Waals surface area contributed by atoms with Crippen LogP contribution in [0.3, 0.4) is 0 Å². The van der Waals surface area contributed by atoms with Crippen molar-refractivity contribution in [3.8, 4) is 5.75 Å². The summed E-state index contributed by atoms with van der Waals surface area (Å²) in [6.45, 7) is 1.35. The van der Waals surface area contributed by atoms with Gasteiger partial charge in [0.25, 0.3) is 0 Å². The van der Waals surface area contributed by atoms with Crippen molar-refractivity contribution in [2.45, 2.75) is 19.4 Å². The highest BCUT2D eigenvalue weighted by atomic mass is 19.4. The van der Waals surface area contributed by atoms with Gasteiger partial charge in [-0.05, 0) is 18.6 Å². The van der Waals surface area contributed by atoms with Crippen LogP contribution in [0.2, 0.25) is 0 Å². The molecule has 0 aliphatic heterocycles. The Balaban J connectivity index is 3.45. The number of halogens is 3. The fraction of sp³-hybridized carbons (Fsp3) is 0.538. The molecule has 1 aromatic carbocycles. The largest absolute Gasteiger partial charge is 0.466 e. The number of aryl methyl sites for hydroxylation is 1. The molecule has 0 amide bonds. The molecular formula is C13H17F3O4. The molecule has 4 nitrogen and oxygen atoms in total. The lowest BCUT2D eigenvalue weighted by Crippen LogP contribution is -2.16. The molecule has 0 aromatic heterocycles. The maximum Gasteiger partial charge on any atom is 0.419 e. The van der Waals surface area contributed by atoms with Crippen LogP contribution in [0.1, 0.15) is 23.0 Å². The number of ether oxygens (including phenoxy) is 4. The second-order valence-electron chi connectivity index (χ2n) is 4.02. The first kappa shape index (κ1) is 16.7. The van der Waals surface area contributed by atoms with E-state index in [1.54, 1.807) is 6.92 Å². The molecule has 0 radical (unpaired) electrons. The predicted octanol–water partition coefficient (Wildman–Crippen LogP) is 3.29. The number of benzene rings is 1. The minimum atomic E-state index is -4.54. The van der Waals surface area contributed by atoms with Gasteiger partial charge in [-0.3, -0.25) is 0 Å². The summed E-state index contributed by atoms with van der Waals surface area (Å²) in [5, 5.41) is 0. The van der Waals surface area contributed by atoms with Crippen LogP contribution < -0.4 is 4.74 Å². The first-order valence-electron chi connectivity index (χ1n) is 5.74. The lowest BCUT2D eigenvalue weighted by atomic mass is 10.0. The van der Waals surface area contributed by atoms with Crippen LogP contribution in [0, 0.1) is 6.92 Å². The summed E-state index contributed by atoms with van der Waals surface area (Å²) in [6.07, 6.45) is -5.50. The molecule has 1 rings (SSSR count). The summed E-state index contributed by atoms with van der Waals surface area (Å²) in [4.78, 5) is 0. The highest BCUT2D eigenvalue weighted by Crippen LogP contribution is 2.42. The molecule has 114 valence electrons. The van der Waals surface area contributed by atoms with Gasteiger partial charge in [-0.2, -0.15) is 13.2 Å². The molecule has 0 N–H and O–H groups in total. The zero-order valence-electron chi connectivity index (χ0n) is 11.7. The van der Waals surface area contributed by atoms with Gasteiger partial charge in [0.2, 0.25) is 0 Å². The van der Waals surface area contributed by atoms with E-state index in [2.05, 4.69) is 4.74 Å². The number of hydrogen-bond acceptors (Lipinski definition) is 4. The van der Waals surface area contributed by atoms with Gasteiger partial charge in [-0.15, -0.1) is 0 Å². The van der Waals surface area contributed by atoms with E-state index in [1.165, 1.54) is 27.4 Å². The second-order valence-corrected chi connectivity index (χ2v) is 4.02. The zero-order chi connectivity index (χ0) is 15.3. The first-order valence-corrected chi connectivity index (χ1v) is 5.74. The second kappa shape index (κ2) is 6.92. The third kappa shape index (κ3) is 3.62. The van der Waals surface area contributed by atoms with Gasteiger partial charge >= 0.3 is 6.18 Å². The third-order valence-corrected chi connectivity index (χ3v) is 2.70. The zero-order valence-corrected chi connectivity index (χ0v) is 11.7. The molecule has 0 aliphatic carbocycles. The lowest BCUT2D eigenvalue weighted by molar-refractivity contribution is -0.141. The van der Waals surface area contributed by atoms with Crippen molar-refractivity contribution in [3.05, 3.63) is 28.8 Å². The van der Waals surface area contributed by atoms with Gasteiger partial charge in [-0.1, -0.05) is 6.07 Å². The highest BCUT2D eigenvalue weighted by molar-refractivity contribution is 5.48. The Morgan fingerprint density at radius 1 is 1.10 bits per heavy atom. The van der Waals surface area contributed by atoms with E-state index in [-0.39, 0.29) is 18.1 Å². The van der Waals surface area contributed by atoms with Crippen molar-refractivity contribution in [1.82, 2.24) is 0 Å². The number of rotatable bonds is 6. The van der Waals surface area contributed by atoms with Gasteiger partial charge in [0.1, 0.15) is 5.75 Å². The highest BCUT2D eigenvalue weighted by Gasteiger charge is 2.37. The van der Waals surface area contributed by atoms with Gasteiger partial charge in [0.15, 0.2) is 13.1 Å². The molecule has 0 unspecified atom stereocenters. The Morgan fingerprint density at radius 2 is 1.70 bits per heavy atom. The average Bonchev–Trinajstić information content (AvgIpc) is 2.38. The van der Waals surface area contributed by atoms with Gasteiger partial charge in [0, 0.05) is 21.3 Å². The minimum absolute atomic E-state index is 0.196. The molecule has 0 bridgehead atoms. The smallest absolute Gasteiger partial charge is 0.419 e. The maximum atomic E-state index is 13.1. The molecular weight excluding hydrogens is 277 g/mol. The van der Waals surface area contributed by atoms with Gasteiger partial charge in [-0.25, -0.2) is 0 Å². The SMILES string of the molecule is COCOc1c(C(F)(F)F)ccc(C)c1C(OC)OC. The van der Waals surface area contributed by atoms with Crippen LogP contribution in [0.25, 0.3) is 0 Å². The fourth-order valence-electron chi connectivity index (χ4n) is 1.82. The number of methoxy groups -OCH3 is 3. The van der Waals surface area contributed by atoms with Crippen LogP contribution in [0.15, 0.2) is 12.1 Å². The quantitative estimate of drug-likeness (QED) is 0.754. The molecule has 20 heavy (non-hydrogen) atoms. The summed E-state index contributed by atoms with van der Waals surface area (Å²) in [5.41, 5.74) is -0.131. The number of hydrogen-bond donors (Lipinski definition) is 0. The van der Waals surface area contributed by atoms with E-state index in [9.17, 15) is 13.2 Å². The Labute approximate surface area is 115 Å². The van der Waals surface area contributed by atoms with E-state index in [0.717, 1.165) is 6.07 Å². The molecule has 0 fully saturated rings. The molecule has 0 aliphatic rings.